The summed E-state index contributed by atoms with van der Waals surface area (Å²) in [6, 6.07) is 16.0. The smallest absolute Gasteiger partial charge is 0.243 e. The Morgan fingerprint density at radius 3 is 2.17 bits per heavy atom. The third-order valence-electron chi connectivity index (χ3n) is 5.61. The molecule has 0 aliphatic carbocycles. The van der Waals surface area contributed by atoms with Gasteiger partial charge in [0.2, 0.25) is 21.8 Å². The number of anilines is 1. The molecule has 0 aliphatic heterocycles. The van der Waals surface area contributed by atoms with Crippen molar-refractivity contribution in [2.24, 2.45) is 5.92 Å². The molecule has 0 aliphatic rings. The highest BCUT2D eigenvalue weighted by Gasteiger charge is 2.35. The van der Waals surface area contributed by atoms with Crippen molar-refractivity contribution in [2.45, 2.75) is 45.2 Å². The number of hydrogen-bond donors (Lipinski definition) is 2. The van der Waals surface area contributed by atoms with Gasteiger partial charge in [-0.2, -0.15) is 0 Å². The molecular formula is C26H31N3O5S. The molecule has 1 aromatic heterocycles. The Bertz CT molecular complexity index is 1240. The topological polar surface area (TPSA) is 109 Å². The summed E-state index contributed by atoms with van der Waals surface area (Å²) >= 11 is 0. The van der Waals surface area contributed by atoms with E-state index in [2.05, 4.69) is 10.0 Å². The molecule has 0 fully saturated rings. The molecule has 2 N–H and O–H groups in total. The molecule has 8 nitrogen and oxygen atoms in total. The lowest BCUT2D eigenvalue weighted by Gasteiger charge is -2.35. The van der Waals surface area contributed by atoms with Crippen molar-refractivity contribution in [1.82, 2.24) is 10.0 Å². The van der Waals surface area contributed by atoms with Crippen molar-refractivity contribution in [2.75, 3.05) is 11.4 Å². The number of carbonyl (C=O) groups excluding carboxylic acids is 2. The zero-order valence-electron chi connectivity index (χ0n) is 20.3. The Kier molecular flexibility index (Phi) is 8.48. The van der Waals surface area contributed by atoms with Crippen molar-refractivity contribution in [1.29, 1.82) is 0 Å². The number of benzene rings is 2. The van der Waals surface area contributed by atoms with Gasteiger partial charge in [0, 0.05) is 0 Å². The minimum Gasteiger partial charge on any atom is -0.467 e. The Hall–Kier alpha value is -3.43. The van der Waals surface area contributed by atoms with Crippen LogP contribution in [0.25, 0.3) is 0 Å². The summed E-state index contributed by atoms with van der Waals surface area (Å²) in [5, 5.41) is 2.84. The van der Waals surface area contributed by atoms with Crippen molar-refractivity contribution >= 4 is 27.5 Å². The highest BCUT2D eigenvalue weighted by molar-refractivity contribution is 7.89. The first-order chi connectivity index (χ1) is 16.6. The van der Waals surface area contributed by atoms with E-state index in [0.717, 1.165) is 11.1 Å². The van der Waals surface area contributed by atoms with Gasteiger partial charge in [-0.1, -0.05) is 50.2 Å². The van der Waals surface area contributed by atoms with E-state index in [1.807, 2.05) is 45.9 Å². The molecule has 2 amide bonds. The zero-order valence-corrected chi connectivity index (χ0v) is 21.1. The van der Waals surface area contributed by atoms with Crippen LogP contribution >= 0.6 is 0 Å². The second kappa shape index (κ2) is 11.3. The summed E-state index contributed by atoms with van der Waals surface area (Å²) in [7, 11) is -3.91. The van der Waals surface area contributed by atoms with Gasteiger partial charge in [-0.15, -0.1) is 0 Å². The van der Waals surface area contributed by atoms with Crippen LogP contribution < -0.4 is 14.9 Å². The maximum Gasteiger partial charge on any atom is 0.243 e. The number of aryl methyl sites for hydroxylation is 2. The standard InChI is InChI=1S/C26H31N3O5S/c1-18(2)24(26(31)27-16-21-12-9-15-34-21)29(25-19(3)10-8-11-20(25)4)23(30)17-28-35(32,33)22-13-6-5-7-14-22/h5-15,18,24,28H,16-17H2,1-4H3,(H,27,31)/t24-/m0/s1. The van der Waals surface area contributed by atoms with Gasteiger partial charge in [0.15, 0.2) is 0 Å². The number of rotatable bonds is 10. The zero-order chi connectivity index (χ0) is 25.6. The maximum atomic E-state index is 13.6. The quantitative estimate of drug-likeness (QED) is 0.445. The van der Waals surface area contributed by atoms with Gasteiger partial charge in [0.25, 0.3) is 0 Å². The van der Waals surface area contributed by atoms with Crippen molar-refractivity contribution in [3.8, 4) is 0 Å². The largest absolute Gasteiger partial charge is 0.467 e. The number of nitrogens with one attached hydrogen (secondary N) is 2. The number of sulfonamides is 1. The molecule has 0 radical (unpaired) electrons. The molecule has 0 spiro atoms. The van der Waals surface area contributed by atoms with E-state index in [9.17, 15) is 18.0 Å². The average molecular weight is 498 g/mol. The van der Waals surface area contributed by atoms with Crippen LogP contribution in [0.2, 0.25) is 0 Å². The van der Waals surface area contributed by atoms with Crippen LogP contribution in [-0.4, -0.2) is 32.8 Å². The van der Waals surface area contributed by atoms with E-state index < -0.39 is 28.5 Å². The summed E-state index contributed by atoms with van der Waals surface area (Å²) in [6.07, 6.45) is 1.52. The number of amides is 2. The van der Waals surface area contributed by atoms with Gasteiger partial charge in [-0.25, -0.2) is 13.1 Å². The summed E-state index contributed by atoms with van der Waals surface area (Å²) < 4.78 is 33.1. The molecule has 0 bridgehead atoms. The second-order valence-corrected chi connectivity index (χ2v) is 10.4. The van der Waals surface area contributed by atoms with Crippen LogP contribution in [-0.2, 0) is 26.2 Å². The Morgan fingerprint density at radius 2 is 1.60 bits per heavy atom. The van der Waals surface area contributed by atoms with Crippen LogP contribution in [0, 0.1) is 19.8 Å². The first-order valence-electron chi connectivity index (χ1n) is 11.3. The lowest BCUT2D eigenvalue weighted by Crippen LogP contribution is -2.55. The van der Waals surface area contributed by atoms with E-state index >= 15 is 0 Å². The number of hydrogen-bond acceptors (Lipinski definition) is 5. The van der Waals surface area contributed by atoms with Crippen LogP contribution in [0.5, 0.6) is 0 Å². The summed E-state index contributed by atoms with van der Waals surface area (Å²) in [6.45, 7) is 7.08. The van der Waals surface area contributed by atoms with Crippen LogP contribution in [0.3, 0.4) is 0 Å². The first kappa shape index (κ1) is 26.2. The lowest BCUT2D eigenvalue weighted by molar-refractivity contribution is -0.127. The molecule has 186 valence electrons. The monoisotopic (exact) mass is 497 g/mol. The van der Waals surface area contributed by atoms with Gasteiger partial charge in [-0.3, -0.25) is 14.5 Å². The fourth-order valence-corrected chi connectivity index (χ4v) is 4.94. The van der Waals surface area contributed by atoms with E-state index in [-0.39, 0.29) is 23.3 Å². The van der Waals surface area contributed by atoms with Crippen LogP contribution in [0.1, 0.15) is 30.7 Å². The fourth-order valence-electron chi connectivity index (χ4n) is 3.94. The minimum atomic E-state index is -3.91. The molecule has 1 atom stereocenters. The summed E-state index contributed by atoms with van der Waals surface area (Å²) in [5.74, 6) is -0.575. The van der Waals surface area contributed by atoms with Gasteiger partial charge < -0.3 is 9.73 Å². The molecule has 3 rings (SSSR count). The van der Waals surface area contributed by atoms with E-state index in [4.69, 9.17) is 4.42 Å². The number of nitrogens with zero attached hydrogens (tertiary/aromatic N) is 1. The van der Waals surface area contributed by atoms with Crippen molar-refractivity contribution < 1.29 is 22.4 Å². The Labute approximate surface area is 206 Å². The van der Waals surface area contributed by atoms with Gasteiger partial charge in [0.1, 0.15) is 11.8 Å². The molecule has 9 heteroatoms. The Balaban J connectivity index is 1.93. The summed E-state index contributed by atoms with van der Waals surface area (Å²) in [4.78, 5) is 28.4. The van der Waals surface area contributed by atoms with Crippen molar-refractivity contribution in [3.63, 3.8) is 0 Å². The van der Waals surface area contributed by atoms with Crippen LogP contribution in [0.15, 0.2) is 76.2 Å². The Morgan fingerprint density at radius 1 is 0.943 bits per heavy atom. The first-order valence-corrected chi connectivity index (χ1v) is 12.8. The van der Waals surface area contributed by atoms with E-state index in [0.29, 0.717) is 11.4 Å². The predicted molar refractivity (Wildman–Crippen MR) is 134 cm³/mol. The molecule has 0 saturated carbocycles. The summed E-state index contributed by atoms with van der Waals surface area (Å²) in [5.41, 5.74) is 2.19. The SMILES string of the molecule is Cc1cccc(C)c1N(C(=O)CNS(=O)(=O)c1ccccc1)[C@H](C(=O)NCc1ccco1)C(C)C. The van der Waals surface area contributed by atoms with Gasteiger partial charge >= 0.3 is 0 Å². The minimum absolute atomic E-state index is 0.0584. The molecule has 35 heavy (non-hydrogen) atoms. The highest BCUT2D eigenvalue weighted by Crippen LogP contribution is 2.29. The molecular weight excluding hydrogens is 466 g/mol. The molecule has 0 saturated heterocycles. The van der Waals surface area contributed by atoms with Crippen LogP contribution in [0.4, 0.5) is 5.69 Å². The maximum absolute atomic E-state index is 13.6. The highest BCUT2D eigenvalue weighted by atomic mass is 32.2. The van der Waals surface area contributed by atoms with E-state index in [1.165, 1.54) is 23.3 Å². The molecule has 3 aromatic rings. The number of para-hydroxylation sites is 1. The molecule has 1 heterocycles. The fraction of sp³-hybridized carbons (Fsp3) is 0.308. The molecule has 2 aromatic carbocycles. The molecule has 0 unspecified atom stereocenters. The van der Waals surface area contributed by atoms with E-state index in [1.54, 1.807) is 30.3 Å². The predicted octanol–water partition coefficient (Wildman–Crippen LogP) is 3.55. The van der Waals surface area contributed by atoms with Gasteiger partial charge in [0.05, 0.1) is 29.9 Å². The second-order valence-electron chi connectivity index (χ2n) is 8.63. The lowest BCUT2D eigenvalue weighted by atomic mass is 9.97. The van der Waals surface area contributed by atoms with Crippen molar-refractivity contribution in [3.05, 3.63) is 83.8 Å². The normalized spacial score (nSPS) is 12.4. The third kappa shape index (κ3) is 6.37. The average Bonchev–Trinajstić information content (AvgIpc) is 3.34. The number of furan rings is 1. The number of carbonyl (C=O) groups is 2. The van der Waals surface area contributed by atoms with Gasteiger partial charge in [-0.05, 0) is 55.2 Å². The third-order valence-corrected chi connectivity index (χ3v) is 7.03.